The molecular formula is C25H21FN4O4. The van der Waals surface area contributed by atoms with Gasteiger partial charge in [-0.1, -0.05) is 18.2 Å². The molecule has 0 aliphatic heterocycles. The van der Waals surface area contributed by atoms with E-state index < -0.39 is 17.2 Å². The van der Waals surface area contributed by atoms with E-state index in [-0.39, 0.29) is 28.6 Å². The average Bonchev–Trinajstić information content (AvgIpc) is 3.66. The summed E-state index contributed by atoms with van der Waals surface area (Å²) in [5.74, 6) is -1.08. The number of benzene rings is 2. The highest BCUT2D eigenvalue weighted by atomic mass is 19.1. The van der Waals surface area contributed by atoms with Crippen LogP contribution in [0.4, 0.5) is 16.0 Å². The number of aromatic carboxylic acids is 1. The summed E-state index contributed by atoms with van der Waals surface area (Å²) in [6.07, 6.45) is 5.16. The Morgan fingerprint density at radius 3 is 2.79 bits per heavy atom. The van der Waals surface area contributed by atoms with E-state index in [0.717, 1.165) is 30.2 Å². The van der Waals surface area contributed by atoms with Crippen LogP contribution in [0.2, 0.25) is 0 Å². The van der Waals surface area contributed by atoms with Crippen LogP contribution < -0.4 is 15.5 Å². The fourth-order valence-electron chi connectivity index (χ4n) is 3.99. The molecule has 1 aliphatic rings. The molecule has 0 atom stereocenters. The van der Waals surface area contributed by atoms with Crippen molar-refractivity contribution in [1.29, 1.82) is 0 Å². The van der Waals surface area contributed by atoms with Crippen LogP contribution in [-0.2, 0) is 6.42 Å². The van der Waals surface area contributed by atoms with Crippen LogP contribution in [0.3, 0.4) is 0 Å². The van der Waals surface area contributed by atoms with Crippen molar-refractivity contribution >= 4 is 28.5 Å². The summed E-state index contributed by atoms with van der Waals surface area (Å²) in [6, 6.07) is 12.0. The zero-order valence-corrected chi connectivity index (χ0v) is 18.3. The third kappa shape index (κ3) is 4.07. The summed E-state index contributed by atoms with van der Waals surface area (Å²) in [5, 5.41) is 12.3. The molecule has 4 aromatic rings. The number of halogens is 1. The molecule has 2 aromatic heterocycles. The van der Waals surface area contributed by atoms with Crippen molar-refractivity contribution in [2.24, 2.45) is 0 Å². The van der Waals surface area contributed by atoms with Crippen LogP contribution in [0.25, 0.3) is 10.9 Å². The number of methoxy groups -OCH3 is 1. The molecule has 2 aromatic carbocycles. The Bertz CT molecular complexity index is 1480. The molecule has 0 radical (unpaired) electrons. The minimum absolute atomic E-state index is 0.0284. The topological polar surface area (TPSA) is 106 Å². The van der Waals surface area contributed by atoms with E-state index in [9.17, 15) is 19.1 Å². The zero-order valence-electron chi connectivity index (χ0n) is 18.3. The molecule has 34 heavy (non-hydrogen) atoms. The molecule has 0 spiro atoms. The van der Waals surface area contributed by atoms with Crippen molar-refractivity contribution in [3.8, 4) is 5.75 Å². The molecule has 2 N–H and O–H groups in total. The van der Waals surface area contributed by atoms with Gasteiger partial charge in [0, 0.05) is 35.8 Å². The van der Waals surface area contributed by atoms with Crippen molar-refractivity contribution in [2.45, 2.75) is 25.3 Å². The van der Waals surface area contributed by atoms with E-state index >= 15 is 0 Å². The van der Waals surface area contributed by atoms with E-state index in [1.807, 2.05) is 24.3 Å². The molecule has 5 rings (SSSR count). The van der Waals surface area contributed by atoms with Crippen LogP contribution in [-0.4, -0.2) is 32.7 Å². The molecule has 0 unspecified atom stereocenters. The number of carbonyl (C=O) groups is 1. The molecule has 8 nitrogen and oxygen atoms in total. The van der Waals surface area contributed by atoms with Crippen molar-refractivity contribution in [2.75, 3.05) is 12.4 Å². The lowest BCUT2D eigenvalue weighted by Gasteiger charge is -2.14. The van der Waals surface area contributed by atoms with Gasteiger partial charge in [0.15, 0.2) is 0 Å². The number of carboxylic acids is 1. The van der Waals surface area contributed by atoms with Gasteiger partial charge < -0.3 is 19.7 Å². The number of rotatable bonds is 7. The maximum absolute atomic E-state index is 15.0. The van der Waals surface area contributed by atoms with Crippen LogP contribution in [0.1, 0.15) is 40.5 Å². The van der Waals surface area contributed by atoms with Crippen molar-refractivity contribution < 1.29 is 19.0 Å². The van der Waals surface area contributed by atoms with E-state index in [1.54, 1.807) is 23.9 Å². The molecule has 2 heterocycles. The van der Waals surface area contributed by atoms with Crippen molar-refractivity contribution in [1.82, 2.24) is 14.5 Å². The van der Waals surface area contributed by atoms with Crippen LogP contribution >= 0.6 is 0 Å². The normalized spacial score (nSPS) is 13.1. The minimum Gasteiger partial charge on any atom is -0.496 e. The molecule has 172 valence electrons. The fraction of sp³-hybridized carbons (Fsp3) is 0.200. The number of hydrogen-bond donors (Lipinski definition) is 2. The van der Waals surface area contributed by atoms with Crippen LogP contribution in [0.15, 0.2) is 59.7 Å². The Morgan fingerprint density at radius 2 is 2.06 bits per heavy atom. The van der Waals surface area contributed by atoms with Gasteiger partial charge >= 0.3 is 5.97 Å². The summed E-state index contributed by atoms with van der Waals surface area (Å²) in [7, 11) is 1.61. The van der Waals surface area contributed by atoms with Crippen LogP contribution in [0.5, 0.6) is 5.75 Å². The SMILES string of the molecule is COc1ccccc1Cc1ccnc(Nc2cc3c(cc2F)c(=O)c(C(=O)O)cn3C2CC2)n1. The Balaban J connectivity index is 1.51. The third-order valence-corrected chi connectivity index (χ3v) is 5.82. The highest BCUT2D eigenvalue weighted by Crippen LogP contribution is 2.38. The van der Waals surface area contributed by atoms with Gasteiger partial charge in [0.05, 0.1) is 24.0 Å². The molecule has 0 bridgehead atoms. The second-order valence-electron chi connectivity index (χ2n) is 8.15. The number of nitrogens with zero attached hydrogens (tertiary/aromatic N) is 3. The fourth-order valence-corrected chi connectivity index (χ4v) is 3.99. The first-order chi connectivity index (χ1) is 16.4. The number of fused-ring (bicyclic) bond motifs is 1. The Kier molecular flexibility index (Phi) is 5.45. The van der Waals surface area contributed by atoms with Crippen LogP contribution in [0, 0.1) is 5.82 Å². The predicted molar refractivity (Wildman–Crippen MR) is 125 cm³/mol. The Labute approximate surface area is 193 Å². The predicted octanol–water partition coefficient (Wildman–Crippen LogP) is 4.31. The summed E-state index contributed by atoms with van der Waals surface area (Å²) in [4.78, 5) is 32.8. The van der Waals surface area contributed by atoms with E-state index in [4.69, 9.17) is 4.74 Å². The lowest BCUT2D eigenvalue weighted by molar-refractivity contribution is 0.0695. The number of para-hydroxylation sites is 1. The monoisotopic (exact) mass is 460 g/mol. The summed E-state index contributed by atoms with van der Waals surface area (Å²) >= 11 is 0. The van der Waals surface area contributed by atoms with Crippen molar-refractivity contribution in [3.05, 3.63) is 87.7 Å². The maximum Gasteiger partial charge on any atom is 0.341 e. The molecular weight excluding hydrogens is 439 g/mol. The minimum atomic E-state index is -1.33. The highest BCUT2D eigenvalue weighted by molar-refractivity contribution is 5.93. The standard InChI is InChI=1S/C25H21FN4O4/c1-34-22-5-3-2-4-14(22)10-15-8-9-27-25(28-15)29-20-12-21-17(11-19(20)26)23(31)18(24(32)33)13-30(21)16-6-7-16/h2-5,8-9,11-13,16H,6-7,10H2,1H3,(H,32,33)(H,27,28,29). The molecule has 1 fully saturated rings. The average molecular weight is 460 g/mol. The number of pyridine rings is 1. The van der Waals surface area contributed by atoms with Gasteiger partial charge in [-0.25, -0.2) is 19.2 Å². The summed E-state index contributed by atoms with van der Waals surface area (Å²) in [6.45, 7) is 0. The number of ether oxygens (including phenoxy) is 1. The second-order valence-corrected chi connectivity index (χ2v) is 8.15. The summed E-state index contributed by atoms with van der Waals surface area (Å²) in [5.41, 5.74) is 1.15. The smallest absolute Gasteiger partial charge is 0.341 e. The van der Waals surface area contributed by atoms with Gasteiger partial charge in [-0.3, -0.25) is 4.79 Å². The van der Waals surface area contributed by atoms with E-state index in [2.05, 4.69) is 15.3 Å². The van der Waals surface area contributed by atoms with Gasteiger partial charge in [0.1, 0.15) is 17.1 Å². The van der Waals surface area contributed by atoms with Gasteiger partial charge in [-0.2, -0.15) is 0 Å². The maximum atomic E-state index is 15.0. The Hall–Kier alpha value is -4.27. The Morgan fingerprint density at radius 1 is 1.26 bits per heavy atom. The highest BCUT2D eigenvalue weighted by Gasteiger charge is 2.27. The first-order valence-corrected chi connectivity index (χ1v) is 10.8. The number of anilines is 2. The number of aromatic nitrogens is 3. The van der Waals surface area contributed by atoms with Gasteiger partial charge in [0.2, 0.25) is 11.4 Å². The second kappa shape index (κ2) is 8.58. The summed E-state index contributed by atoms with van der Waals surface area (Å²) < 4.78 is 22.1. The number of carboxylic acid groups (broad SMARTS) is 1. The molecule has 0 amide bonds. The van der Waals surface area contributed by atoms with Gasteiger partial charge in [-0.15, -0.1) is 0 Å². The van der Waals surface area contributed by atoms with Gasteiger partial charge in [-0.05, 0) is 37.1 Å². The van der Waals surface area contributed by atoms with E-state index in [1.165, 1.54) is 12.3 Å². The molecule has 1 aliphatic carbocycles. The number of hydrogen-bond acceptors (Lipinski definition) is 6. The lowest BCUT2D eigenvalue weighted by atomic mass is 10.1. The quantitative estimate of drug-likeness (QED) is 0.423. The molecule has 1 saturated carbocycles. The zero-order chi connectivity index (χ0) is 23.8. The third-order valence-electron chi connectivity index (χ3n) is 5.82. The molecule has 9 heteroatoms. The largest absolute Gasteiger partial charge is 0.496 e. The first-order valence-electron chi connectivity index (χ1n) is 10.8. The first kappa shape index (κ1) is 21.6. The lowest BCUT2D eigenvalue weighted by Crippen LogP contribution is -2.19. The molecule has 0 saturated heterocycles. The van der Waals surface area contributed by atoms with Crippen molar-refractivity contribution in [3.63, 3.8) is 0 Å². The van der Waals surface area contributed by atoms with Gasteiger partial charge in [0.25, 0.3) is 0 Å². The van der Waals surface area contributed by atoms with E-state index in [0.29, 0.717) is 17.6 Å². The number of nitrogens with one attached hydrogen (secondary N) is 1.